The molecule has 2 aliphatic rings. The highest BCUT2D eigenvalue weighted by Crippen LogP contribution is 2.18. The molecule has 1 saturated heterocycles. The predicted molar refractivity (Wildman–Crippen MR) is 106 cm³/mol. The summed E-state index contributed by atoms with van der Waals surface area (Å²) in [4.78, 5) is 25.7. The number of carbonyl (C=O) groups excluding carboxylic acids is 1. The highest BCUT2D eigenvalue weighted by atomic mass is 16.3. The number of nitrogens with one attached hydrogen (secondary N) is 1. The largest absolute Gasteiger partial charge is 0.447 e. The molecule has 0 bridgehead atoms. The monoisotopic (exact) mass is 383 g/mol. The number of rotatable bonds is 6. The molecule has 0 spiro atoms. The summed E-state index contributed by atoms with van der Waals surface area (Å²) < 4.78 is 5.56. The molecule has 1 N–H and O–H groups in total. The molecule has 7 nitrogen and oxygen atoms in total. The van der Waals surface area contributed by atoms with Gasteiger partial charge in [0.05, 0.1) is 6.54 Å². The Hall–Kier alpha value is -2.25. The fraction of sp³-hybridized carbons (Fsp3) is 0.571. The summed E-state index contributed by atoms with van der Waals surface area (Å²) in [5.41, 5.74) is 1.65. The maximum atomic E-state index is 12.4. The fourth-order valence-corrected chi connectivity index (χ4v) is 4.04. The Labute approximate surface area is 166 Å². The lowest BCUT2D eigenvalue weighted by molar-refractivity contribution is 0.0922. The quantitative estimate of drug-likeness (QED) is 0.826. The Bertz CT molecular complexity index is 749. The van der Waals surface area contributed by atoms with Crippen molar-refractivity contribution >= 4 is 5.91 Å². The lowest BCUT2D eigenvalue weighted by atomic mass is 9.95. The molecule has 0 unspecified atom stereocenters. The van der Waals surface area contributed by atoms with E-state index in [-0.39, 0.29) is 11.9 Å². The van der Waals surface area contributed by atoms with Gasteiger partial charge in [-0.25, -0.2) is 4.98 Å². The van der Waals surface area contributed by atoms with Crippen molar-refractivity contribution in [3.8, 4) is 0 Å². The molecule has 28 heavy (non-hydrogen) atoms. The molecule has 1 saturated carbocycles. The van der Waals surface area contributed by atoms with Crippen molar-refractivity contribution in [1.82, 2.24) is 25.1 Å². The van der Waals surface area contributed by atoms with Crippen molar-refractivity contribution in [2.24, 2.45) is 0 Å². The molecule has 2 fully saturated rings. The molecule has 3 heterocycles. The van der Waals surface area contributed by atoms with Gasteiger partial charge in [0.15, 0.2) is 5.69 Å². The van der Waals surface area contributed by atoms with Gasteiger partial charge in [-0.1, -0.05) is 25.3 Å². The summed E-state index contributed by atoms with van der Waals surface area (Å²) in [6.07, 6.45) is 11.0. The van der Waals surface area contributed by atoms with Crippen molar-refractivity contribution in [2.75, 3.05) is 26.2 Å². The second-order valence-corrected chi connectivity index (χ2v) is 7.85. The van der Waals surface area contributed by atoms with Crippen LogP contribution in [0.25, 0.3) is 0 Å². The van der Waals surface area contributed by atoms with Crippen LogP contribution in [0.15, 0.2) is 35.2 Å². The summed E-state index contributed by atoms with van der Waals surface area (Å²) in [5.74, 6) is 0.512. The first-order chi connectivity index (χ1) is 13.8. The minimum Gasteiger partial charge on any atom is -0.447 e. The molecule has 4 rings (SSSR count). The standard InChI is InChI=1S/C21H29N5O2/c27-21(23-18-6-2-1-3-7-18)19-16-28-20(24-19)15-26-11-9-25(10-12-26)14-17-5-4-8-22-13-17/h4-5,8,13,16,18H,1-3,6-7,9-12,14-15H2,(H,23,27). The van der Waals surface area contributed by atoms with Crippen molar-refractivity contribution in [2.45, 2.75) is 51.2 Å². The molecule has 2 aromatic rings. The number of hydrogen-bond acceptors (Lipinski definition) is 6. The van der Waals surface area contributed by atoms with Gasteiger partial charge in [-0.05, 0) is 24.5 Å². The number of pyridine rings is 1. The fourth-order valence-electron chi connectivity index (χ4n) is 4.04. The van der Waals surface area contributed by atoms with Gasteiger partial charge >= 0.3 is 0 Å². The molecule has 1 amide bonds. The van der Waals surface area contributed by atoms with E-state index in [0.29, 0.717) is 18.1 Å². The molecule has 1 aliphatic carbocycles. The molecular weight excluding hydrogens is 354 g/mol. The van der Waals surface area contributed by atoms with Gasteiger partial charge in [-0.3, -0.25) is 19.6 Å². The van der Waals surface area contributed by atoms with Crippen molar-refractivity contribution in [3.63, 3.8) is 0 Å². The van der Waals surface area contributed by atoms with Crippen LogP contribution in [0.2, 0.25) is 0 Å². The van der Waals surface area contributed by atoms with Crippen LogP contribution in [0.4, 0.5) is 0 Å². The van der Waals surface area contributed by atoms with E-state index in [4.69, 9.17) is 4.42 Å². The first-order valence-corrected chi connectivity index (χ1v) is 10.3. The highest BCUT2D eigenvalue weighted by molar-refractivity contribution is 5.92. The maximum absolute atomic E-state index is 12.4. The lowest BCUT2D eigenvalue weighted by Crippen LogP contribution is -2.45. The van der Waals surface area contributed by atoms with Crippen LogP contribution >= 0.6 is 0 Å². The van der Waals surface area contributed by atoms with Gasteiger partial charge in [0.25, 0.3) is 5.91 Å². The van der Waals surface area contributed by atoms with E-state index in [1.54, 1.807) is 0 Å². The van der Waals surface area contributed by atoms with E-state index in [2.05, 4.69) is 31.2 Å². The predicted octanol–water partition coefficient (Wildman–Crippen LogP) is 2.45. The van der Waals surface area contributed by atoms with Gasteiger partial charge in [-0.15, -0.1) is 0 Å². The van der Waals surface area contributed by atoms with Crippen molar-refractivity contribution in [3.05, 3.63) is 47.9 Å². The second-order valence-electron chi connectivity index (χ2n) is 7.85. The van der Waals surface area contributed by atoms with Gasteiger partial charge < -0.3 is 9.73 Å². The normalized spacial score (nSPS) is 19.6. The third-order valence-corrected chi connectivity index (χ3v) is 5.68. The first kappa shape index (κ1) is 19.1. The molecule has 2 aromatic heterocycles. The van der Waals surface area contributed by atoms with E-state index in [0.717, 1.165) is 45.6 Å². The average molecular weight is 383 g/mol. The molecule has 0 aromatic carbocycles. The van der Waals surface area contributed by atoms with Gasteiger partial charge in [-0.2, -0.15) is 0 Å². The van der Waals surface area contributed by atoms with Crippen LogP contribution in [0.1, 0.15) is 54.0 Å². The van der Waals surface area contributed by atoms with Gasteiger partial charge in [0, 0.05) is 51.2 Å². The van der Waals surface area contributed by atoms with Crippen molar-refractivity contribution < 1.29 is 9.21 Å². The number of oxazole rings is 1. The van der Waals surface area contributed by atoms with Crippen LogP contribution in [0.5, 0.6) is 0 Å². The Balaban J connectivity index is 1.22. The minimum absolute atomic E-state index is 0.108. The van der Waals surface area contributed by atoms with Gasteiger partial charge in [0.1, 0.15) is 6.26 Å². The Morgan fingerprint density at radius 3 is 2.57 bits per heavy atom. The third-order valence-electron chi connectivity index (χ3n) is 5.68. The highest BCUT2D eigenvalue weighted by Gasteiger charge is 2.21. The lowest BCUT2D eigenvalue weighted by Gasteiger charge is -2.33. The zero-order valence-electron chi connectivity index (χ0n) is 16.3. The van der Waals surface area contributed by atoms with E-state index in [1.807, 2.05) is 18.5 Å². The van der Waals surface area contributed by atoms with E-state index >= 15 is 0 Å². The molecule has 150 valence electrons. The molecule has 7 heteroatoms. The van der Waals surface area contributed by atoms with Crippen LogP contribution in [-0.2, 0) is 13.1 Å². The molecule has 0 radical (unpaired) electrons. The summed E-state index contributed by atoms with van der Waals surface area (Å²) >= 11 is 0. The average Bonchev–Trinajstić information content (AvgIpc) is 3.20. The minimum atomic E-state index is -0.108. The van der Waals surface area contributed by atoms with E-state index in [9.17, 15) is 4.79 Å². The van der Waals surface area contributed by atoms with Gasteiger partial charge in [0.2, 0.25) is 5.89 Å². The maximum Gasteiger partial charge on any atom is 0.273 e. The Morgan fingerprint density at radius 2 is 1.86 bits per heavy atom. The number of nitrogens with zero attached hydrogens (tertiary/aromatic N) is 4. The first-order valence-electron chi connectivity index (χ1n) is 10.3. The SMILES string of the molecule is O=C(NC1CCCCC1)c1coc(CN2CCN(Cc3cccnc3)CC2)n1. The van der Waals surface area contributed by atoms with Crippen LogP contribution in [0.3, 0.4) is 0 Å². The van der Waals surface area contributed by atoms with Crippen molar-refractivity contribution in [1.29, 1.82) is 0 Å². The number of carbonyl (C=O) groups is 1. The van der Waals surface area contributed by atoms with Crippen LogP contribution < -0.4 is 5.32 Å². The zero-order chi connectivity index (χ0) is 19.2. The molecule has 1 aliphatic heterocycles. The topological polar surface area (TPSA) is 74.5 Å². The van der Waals surface area contributed by atoms with E-state index in [1.165, 1.54) is 31.1 Å². The zero-order valence-corrected chi connectivity index (χ0v) is 16.3. The smallest absolute Gasteiger partial charge is 0.273 e. The summed E-state index contributed by atoms with van der Waals surface area (Å²) in [7, 11) is 0. The third kappa shape index (κ3) is 5.17. The molecular formula is C21H29N5O2. The number of aromatic nitrogens is 2. The summed E-state index contributed by atoms with van der Waals surface area (Å²) in [6, 6.07) is 4.39. The summed E-state index contributed by atoms with van der Waals surface area (Å²) in [5, 5.41) is 3.09. The number of piperazine rings is 1. The van der Waals surface area contributed by atoms with Crippen LogP contribution in [0, 0.1) is 0 Å². The summed E-state index contributed by atoms with van der Waals surface area (Å²) in [6.45, 7) is 5.53. The Morgan fingerprint density at radius 1 is 1.11 bits per heavy atom. The van der Waals surface area contributed by atoms with Crippen LogP contribution in [-0.4, -0.2) is 57.9 Å². The van der Waals surface area contributed by atoms with E-state index < -0.39 is 0 Å². The molecule has 0 atom stereocenters. The Kier molecular flexibility index (Phi) is 6.34. The second kappa shape index (κ2) is 9.30. The number of hydrogen-bond donors (Lipinski definition) is 1. The number of amides is 1.